The Morgan fingerprint density at radius 2 is 2.15 bits per heavy atom. The monoisotopic (exact) mass is 280 g/mol. The molecule has 1 aromatic carbocycles. The lowest BCUT2D eigenvalue weighted by Gasteiger charge is -2.12. The minimum Gasteiger partial charge on any atom is -0.493 e. The zero-order chi connectivity index (χ0) is 14.8. The maximum atomic E-state index is 11.9. The summed E-state index contributed by atoms with van der Waals surface area (Å²) in [7, 11) is 3.50. The molecule has 5 heteroatoms. The van der Waals surface area contributed by atoms with Crippen LogP contribution >= 0.6 is 0 Å². The van der Waals surface area contributed by atoms with Crippen molar-refractivity contribution in [3.05, 3.63) is 24.3 Å². The lowest BCUT2D eigenvalue weighted by molar-refractivity contribution is -0.119. The van der Waals surface area contributed by atoms with Crippen LogP contribution in [0.2, 0.25) is 0 Å². The number of anilines is 1. The second-order valence-corrected chi connectivity index (χ2v) is 4.67. The van der Waals surface area contributed by atoms with Crippen LogP contribution in [0.1, 0.15) is 13.3 Å². The van der Waals surface area contributed by atoms with Crippen LogP contribution in [0.15, 0.2) is 24.3 Å². The SMILES string of the molecule is CNCC(C)C(=O)Nc1cccc(OCCCOC)c1. The van der Waals surface area contributed by atoms with Crippen molar-refractivity contribution in [3.8, 4) is 5.75 Å². The van der Waals surface area contributed by atoms with E-state index in [4.69, 9.17) is 9.47 Å². The number of ether oxygens (including phenoxy) is 2. The van der Waals surface area contributed by atoms with Crippen LogP contribution in [0.3, 0.4) is 0 Å². The third kappa shape index (κ3) is 6.04. The molecular formula is C15H24N2O3. The van der Waals surface area contributed by atoms with Crippen LogP contribution < -0.4 is 15.4 Å². The first-order valence-corrected chi connectivity index (χ1v) is 6.84. The predicted octanol–water partition coefficient (Wildman–Crippen LogP) is 1.90. The minimum atomic E-state index is -0.0775. The van der Waals surface area contributed by atoms with Gasteiger partial charge in [0.15, 0.2) is 0 Å². The minimum absolute atomic E-state index is 0.00381. The van der Waals surface area contributed by atoms with Crippen molar-refractivity contribution in [3.63, 3.8) is 0 Å². The normalized spacial score (nSPS) is 11.9. The summed E-state index contributed by atoms with van der Waals surface area (Å²) in [5.74, 6) is 0.669. The quantitative estimate of drug-likeness (QED) is 0.678. The maximum absolute atomic E-state index is 11.9. The van der Waals surface area contributed by atoms with Crippen molar-refractivity contribution >= 4 is 11.6 Å². The molecular weight excluding hydrogens is 256 g/mol. The van der Waals surface area contributed by atoms with Crippen molar-refractivity contribution in [2.45, 2.75) is 13.3 Å². The van der Waals surface area contributed by atoms with Crippen LogP contribution in [0.4, 0.5) is 5.69 Å². The number of carbonyl (C=O) groups is 1. The Morgan fingerprint density at radius 3 is 2.85 bits per heavy atom. The molecule has 112 valence electrons. The molecule has 5 nitrogen and oxygen atoms in total. The first-order valence-electron chi connectivity index (χ1n) is 6.84. The standard InChI is InChI=1S/C15H24N2O3/c1-12(11-16-2)15(18)17-13-6-4-7-14(10-13)20-9-5-8-19-3/h4,6-7,10,12,16H,5,8-9,11H2,1-3H3,(H,17,18). The van der Waals surface area contributed by atoms with E-state index in [2.05, 4.69) is 10.6 Å². The van der Waals surface area contributed by atoms with Gasteiger partial charge in [-0.3, -0.25) is 4.79 Å². The summed E-state index contributed by atoms with van der Waals surface area (Å²) < 4.78 is 10.6. The van der Waals surface area contributed by atoms with Crippen LogP contribution in [-0.2, 0) is 9.53 Å². The molecule has 0 fully saturated rings. The Labute approximate surface area is 120 Å². The third-order valence-corrected chi connectivity index (χ3v) is 2.82. The van der Waals surface area contributed by atoms with Gasteiger partial charge in [0.05, 0.1) is 6.61 Å². The molecule has 1 unspecified atom stereocenters. The topological polar surface area (TPSA) is 59.6 Å². The summed E-state index contributed by atoms with van der Waals surface area (Å²) in [5.41, 5.74) is 0.752. The Kier molecular flexibility index (Phi) is 7.69. The Balaban J connectivity index is 2.48. The summed E-state index contributed by atoms with van der Waals surface area (Å²) in [6.07, 6.45) is 0.840. The smallest absolute Gasteiger partial charge is 0.228 e. The Morgan fingerprint density at radius 1 is 1.35 bits per heavy atom. The molecule has 1 rings (SSSR count). The molecule has 2 N–H and O–H groups in total. The molecule has 0 saturated carbocycles. The fourth-order valence-corrected chi connectivity index (χ4v) is 1.72. The molecule has 0 saturated heterocycles. The van der Waals surface area contributed by atoms with Gasteiger partial charge in [0, 0.05) is 44.4 Å². The van der Waals surface area contributed by atoms with Crippen LogP contribution in [0.5, 0.6) is 5.75 Å². The maximum Gasteiger partial charge on any atom is 0.228 e. The van der Waals surface area contributed by atoms with Crippen LogP contribution in [0, 0.1) is 5.92 Å². The van der Waals surface area contributed by atoms with Crippen LogP contribution in [0.25, 0.3) is 0 Å². The number of rotatable bonds is 9. The number of hydrogen-bond acceptors (Lipinski definition) is 4. The van der Waals surface area contributed by atoms with Gasteiger partial charge in [-0.15, -0.1) is 0 Å². The number of amides is 1. The van der Waals surface area contributed by atoms with Crippen molar-refractivity contribution in [2.24, 2.45) is 5.92 Å². The zero-order valence-electron chi connectivity index (χ0n) is 12.4. The molecule has 20 heavy (non-hydrogen) atoms. The molecule has 0 aliphatic heterocycles. The summed E-state index contributed by atoms with van der Waals surface area (Å²) in [5, 5.41) is 5.87. The Bertz CT molecular complexity index is 410. The fourth-order valence-electron chi connectivity index (χ4n) is 1.72. The average molecular weight is 280 g/mol. The average Bonchev–Trinajstić information content (AvgIpc) is 2.44. The van der Waals surface area contributed by atoms with Gasteiger partial charge in [-0.2, -0.15) is 0 Å². The first-order chi connectivity index (χ1) is 9.67. The molecule has 1 atom stereocenters. The van der Waals surface area contributed by atoms with Crippen molar-refractivity contribution in [1.29, 1.82) is 0 Å². The molecule has 1 amide bonds. The highest BCUT2D eigenvalue weighted by Gasteiger charge is 2.11. The van der Waals surface area contributed by atoms with E-state index in [1.54, 1.807) is 7.11 Å². The third-order valence-electron chi connectivity index (χ3n) is 2.82. The van der Waals surface area contributed by atoms with Gasteiger partial charge in [-0.05, 0) is 19.2 Å². The van der Waals surface area contributed by atoms with E-state index in [0.717, 1.165) is 17.9 Å². The van der Waals surface area contributed by atoms with Gasteiger partial charge in [0.1, 0.15) is 5.75 Å². The van der Waals surface area contributed by atoms with E-state index >= 15 is 0 Å². The molecule has 0 bridgehead atoms. The summed E-state index contributed by atoms with van der Waals surface area (Å²) >= 11 is 0. The van der Waals surface area contributed by atoms with Crippen molar-refractivity contribution < 1.29 is 14.3 Å². The van der Waals surface area contributed by atoms with E-state index in [9.17, 15) is 4.79 Å². The van der Waals surface area contributed by atoms with Crippen LogP contribution in [-0.4, -0.2) is 39.8 Å². The zero-order valence-corrected chi connectivity index (χ0v) is 12.4. The number of benzene rings is 1. The van der Waals surface area contributed by atoms with Gasteiger partial charge in [0.2, 0.25) is 5.91 Å². The van der Waals surface area contributed by atoms with E-state index in [0.29, 0.717) is 19.8 Å². The number of methoxy groups -OCH3 is 1. The summed E-state index contributed by atoms with van der Waals surface area (Å²) in [6, 6.07) is 7.42. The fraction of sp³-hybridized carbons (Fsp3) is 0.533. The van der Waals surface area contributed by atoms with Gasteiger partial charge in [-0.25, -0.2) is 0 Å². The van der Waals surface area contributed by atoms with Crippen molar-refractivity contribution in [1.82, 2.24) is 5.32 Å². The van der Waals surface area contributed by atoms with Crippen molar-refractivity contribution in [2.75, 3.05) is 39.2 Å². The largest absolute Gasteiger partial charge is 0.493 e. The second-order valence-electron chi connectivity index (χ2n) is 4.67. The molecule has 0 aliphatic carbocycles. The van der Waals surface area contributed by atoms with E-state index < -0.39 is 0 Å². The predicted molar refractivity (Wildman–Crippen MR) is 80.2 cm³/mol. The summed E-state index contributed by atoms with van der Waals surface area (Å²) in [6.45, 7) is 3.81. The molecule has 0 radical (unpaired) electrons. The Hall–Kier alpha value is -1.59. The van der Waals surface area contributed by atoms with E-state index in [-0.39, 0.29) is 11.8 Å². The van der Waals surface area contributed by atoms with Gasteiger partial charge >= 0.3 is 0 Å². The number of nitrogens with one attached hydrogen (secondary N) is 2. The lowest BCUT2D eigenvalue weighted by Crippen LogP contribution is -2.28. The van der Waals surface area contributed by atoms with Gasteiger partial charge in [-0.1, -0.05) is 13.0 Å². The van der Waals surface area contributed by atoms with E-state index in [1.807, 2.05) is 38.2 Å². The van der Waals surface area contributed by atoms with Gasteiger partial charge < -0.3 is 20.1 Å². The lowest BCUT2D eigenvalue weighted by atomic mass is 10.1. The first kappa shape index (κ1) is 16.5. The molecule has 0 heterocycles. The molecule has 0 spiro atoms. The molecule has 1 aromatic rings. The molecule has 0 aliphatic rings. The number of hydrogen-bond donors (Lipinski definition) is 2. The highest BCUT2D eigenvalue weighted by molar-refractivity contribution is 5.92. The van der Waals surface area contributed by atoms with E-state index in [1.165, 1.54) is 0 Å². The number of carbonyl (C=O) groups excluding carboxylic acids is 1. The van der Waals surface area contributed by atoms with Gasteiger partial charge in [0.25, 0.3) is 0 Å². The highest BCUT2D eigenvalue weighted by atomic mass is 16.5. The molecule has 0 aromatic heterocycles. The summed E-state index contributed by atoms with van der Waals surface area (Å²) in [4.78, 5) is 11.9. The highest BCUT2D eigenvalue weighted by Crippen LogP contribution is 2.18. The second kappa shape index (κ2) is 9.34.